The molecule has 1 aliphatic carbocycles. The molecular weight excluding hydrogens is 334 g/mol. The number of nitrogens with zero attached hydrogens (tertiary/aromatic N) is 1. The monoisotopic (exact) mass is 361 g/mol. The molecule has 0 heterocycles. The first-order chi connectivity index (χ1) is 12.4. The third kappa shape index (κ3) is 5.75. The quantitative estimate of drug-likeness (QED) is 0.787. The van der Waals surface area contributed by atoms with Crippen LogP contribution in [0.1, 0.15) is 49.4 Å². The number of benzene rings is 1. The van der Waals surface area contributed by atoms with Crippen LogP contribution in [0.15, 0.2) is 24.3 Å². The van der Waals surface area contributed by atoms with E-state index in [4.69, 9.17) is 4.74 Å². The summed E-state index contributed by atoms with van der Waals surface area (Å²) in [7, 11) is 3.73. The van der Waals surface area contributed by atoms with Crippen LogP contribution in [-0.2, 0) is 9.53 Å². The van der Waals surface area contributed by atoms with E-state index in [0.29, 0.717) is 5.56 Å². The Labute approximate surface area is 154 Å². The molecule has 142 valence electrons. The van der Waals surface area contributed by atoms with Crippen molar-refractivity contribution < 1.29 is 19.1 Å². The van der Waals surface area contributed by atoms with Crippen LogP contribution >= 0.6 is 0 Å². The van der Waals surface area contributed by atoms with Gasteiger partial charge in [-0.15, -0.1) is 0 Å². The Morgan fingerprint density at radius 2 is 1.85 bits per heavy atom. The molecule has 0 bridgehead atoms. The van der Waals surface area contributed by atoms with Gasteiger partial charge in [0.2, 0.25) is 0 Å². The van der Waals surface area contributed by atoms with Crippen molar-refractivity contribution in [2.24, 2.45) is 0 Å². The summed E-state index contributed by atoms with van der Waals surface area (Å²) in [5.41, 5.74) is 1.20. The van der Waals surface area contributed by atoms with E-state index in [1.54, 1.807) is 18.2 Å². The molecule has 1 aromatic rings. The van der Waals surface area contributed by atoms with Gasteiger partial charge in [0, 0.05) is 25.8 Å². The Bertz CT molecular complexity index is 654. The fraction of sp³-hybridized carbons (Fsp3) is 0.526. The van der Waals surface area contributed by atoms with E-state index in [9.17, 15) is 14.4 Å². The van der Waals surface area contributed by atoms with Crippen molar-refractivity contribution in [1.29, 1.82) is 0 Å². The van der Waals surface area contributed by atoms with Gasteiger partial charge in [0.05, 0.1) is 5.56 Å². The molecule has 0 saturated heterocycles. The van der Waals surface area contributed by atoms with Crippen LogP contribution < -0.4 is 15.5 Å². The summed E-state index contributed by atoms with van der Waals surface area (Å²) >= 11 is 0. The number of urea groups is 1. The Hall–Kier alpha value is -2.57. The number of hydrogen-bond donors (Lipinski definition) is 2. The number of rotatable bonds is 5. The van der Waals surface area contributed by atoms with Crippen molar-refractivity contribution in [2.75, 3.05) is 19.0 Å². The summed E-state index contributed by atoms with van der Waals surface area (Å²) < 4.78 is 5.17. The zero-order chi connectivity index (χ0) is 19.1. The fourth-order valence-electron chi connectivity index (χ4n) is 2.88. The highest BCUT2D eigenvalue weighted by Gasteiger charge is 2.22. The first kappa shape index (κ1) is 19.8. The first-order valence-electron chi connectivity index (χ1n) is 8.96. The summed E-state index contributed by atoms with van der Waals surface area (Å²) in [6.07, 6.45) is 4.13. The van der Waals surface area contributed by atoms with Gasteiger partial charge in [0.15, 0.2) is 6.10 Å². The van der Waals surface area contributed by atoms with Crippen LogP contribution in [0.5, 0.6) is 0 Å². The molecule has 1 aromatic carbocycles. The third-order valence-electron chi connectivity index (χ3n) is 4.43. The van der Waals surface area contributed by atoms with Gasteiger partial charge in [-0.25, -0.2) is 9.59 Å². The molecule has 7 nitrogen and oxygen atoms in total. The Balaban J connectivity index is 1.84. The maximum absolute atomic E-state index is 12.2. The number of imide groups is 1. The lowest BCUT2D eigenvalue weighted by molar-refractivity contribution is -0.127. The predicted octanol–water partition coefficient (Wildman–Crippen LogP) is 2.46. The lowest BCUT2D eigenvalue weighted by atomic mass is 9.96. The van der Waals surface area contributed by atoms with Crippen LogP contribution in [0.2, 0.25) is 0 Å². The van der Waals surface area contributed by atoms with Gasteiger partial charge in [0.1, 0.15) is 0 Å². The molecular formula is C19H27N3O4. The summed E-state index contributed by atoms with van der Waals surface area (Å²) in [5, 5.41) is 5.03. The van der Waals surface area contributed by atoms with E-state index in [-0.39, 0.29) is 6.04 Å². The largest absolute Gasteiger partial charge is 0.449 e. The molecule has 2 N–H and O–H groups in total. The molecule has 0 radical (unpaired) electrons. The number of anilines is 1. The van der Waals surface area contributed by atoms with Crippen molar-refractivity contribution in [3.05, 3.63) is 29.8 Å². The van der Waals surface area contributed by atoms with E-state index in [0.717, 1.165) is 31.4 Å². The minimum atomic E-state index is -1.07. The molecule has 1 fully saturated rings. The number of hydrogen-bond acceptors (Lipinski definition) is 5. The van der Waals surface area contributed by atoms with E-state index in [1.807, 2.05) is 25.1 Å². The topological polar surface area (TPSA) is 87.7 Å². The highest BCUT2D eigenvalue weighted by Crippen LogP contribution is 2.17. The molecule has 26 heavy (non-hydrogen) atoms. The lowest BCUT2D eigenvalue weighted by Crippen LogP contribution is -2.48. The molecule has 2 rings (SSSR count). The molecule has 0 aromatic heterocycles. The molecule has 7 heteroatoms. The SMILES string of the molecule is C[C@@H](OC(=O)c1cccc(N(C)C)c1)C(=O)NC(=O)NC1CCCCC1. The van der Waals surface area contributed by atoms with Gasteiger partial charge in [-0.3, -0.25) is 10.1 Å². The van der Waals surface area contributed by atoms with Crippen molar-refractivity contribution >= 4 is 23.6 Å². The van der Waals surface area contributed by atoms with E-state index in [2.05, 4.69) is 10.6 Å². The number of amides is 3. The smallest absolute Gasteiger partial charge is 0.338 e. The zero-order valence-corrected chi connectivity index (χ0v) is 15.6. The Morgan fingerprint density at radius 1 is 1.15 bits per heavy atom. The Kier molecular flexibility index (Phi) is 7.00. The molecule has 0 unspecified atom stereocenters. The predicted molar refractivity (Wildman–Crippen MR) is 99.2 cm³/mol. The fourth-order valence-corrected chi connectivity index (χ4v) is 2.88. The minimum Gasteiger partial charge on any atom is -0.449 e. The van der Waals surface area contributed by atoms with Crippen LogP contribution in [-0.4, -0.2) is 44.1 Å². The lowest BCUT2D eigenvalue weighted by Gasteiger charge is -2.23. The van der Waals surface area contributed by atoms with E-state index in [1.165, 1.54) is 13.3 Å². The van der Waals surface area contributed by atoms with E-state index >= 15 is 0 Å². The van der Waals surface area contributed by atoms with Gasteiger partial charge in [0.25, 0.3) is 5.91 Å². The standard InChI is InChI=1S/C19H27N3O4/c1-13(17(23)21-19(25)20-15-9-5-4-6-10-15)26-18(24)14-8-7-11-16(12-14)22(2)3/h7-8,11-13,15H,4-6,9-10H2,1-3H3,(H2,20,21,23,25)/t13-/m1/s1. The van der Waals surface area contributed by atoms with E-state index < -0.39 is 24.0 Å². The molecule has 3 amide bonds. The van der Waals surface area contributed by atoms with Gasteiger partial charge in [-0.05, 0) is 38.0 Å². The number of esters is 1. The average Bonchev–Trinajstić information content (AvgIpc) is 2.62. The van der Waals surface area contributed by atoms with Crippen molar-refractivity contribution in [1.82, 2.24) is 10.6 Å². The first-order valence-corrected chi connectivity index (χ1v) is 8.96. The number of carbonyl (C=O) groups excluding carboxylic acids is 3. The molecule has 0 spiro atoms. The zero-order valence-electron chi connectivity index (χ0n) is 15.6. The second kappa shape index (κ2) is 9.22. The third-order valence-corrected chi connectivity index (χ3v) is 4.43. The van der Waals surface area contributed by atoms with Crippen LogP contribution in [0, 0.1) is 0 Å². The maximum atomic E-state index is 12.2. The normalized spacial score (nSPS) is 15.7. The number of ether oxygens (including phenoxy) is 1. The highest BCUT2D eigenvalue weighted by atomic mass is 16.5. The van der Waals surface area contributed by atoms with Crippen molar-refractivity contribution in [3.8, 4) is 0 Å². The summed E-state index contributed by atoms with van der Waals surface area (Å²) in [6, 6.07) is 6.47. The van der Waals surface area contributed by atoms with Gasteiger partial charge < -0.3 is 15.0 Å². The second-order valence-corrected chi connectivity index (χ2v) is 6.79. The molecule has 1 saturated carbocycles. The van der Waals surface area contributed by atoms with Crippen LogP contribution in [0.25, 0.3) is 0 Å². The second-order valence-electron chi connectivity index (χ2n) is 6.79. The molecule has 0 aliphatic heterocycles. The van der Waals surface area contributed by atoms with Gasteiger partial charge in [-0.2, -0.15) is 0 Å². The minimum absolute atomic E-state index is 0.100. The summed E-state index contributed by atoms with van der Waals surface area (Å²) in [4.78, 5) is 38.1. The maximum Gasteiger partial charge on any atom is 0.338 e. The highest BCUT2D eigenvalue weighted by molar-refractivity contribution is 5.98. The van der Waals surface area contributed by atoms with Gasteiger partial charge >= 0.3 is 12.0 Å². The molecule has 1 aliphatic rings. The average molecular weight is 361 g/mol. The molecule has 1 atom stereocenters. The van der Waals surface area contributed by atoms with Gasteiger partial charge in [-0.1, -0.05) is 25.3 Å². The number of nitrogens with one attached hydrogen (secondary N) is 2. The van der Waals surface area contributed by atoms with Crippen molar-refractivity contribution in [3.63, 3.8) is 0 Å². The van der Waals surface area contributed by atoms with Crippen LogP contribution in [0.3, 0.4) is 0 Å². The van der Waals surface area contributed by atoms with Crippen molar-refractivity contribution in [2.45, 2.75) is 51.2 Å². The summed E-state index contributed by atoms with van der Waals surface area (Å²) in [6.45, 7) is 1.44. The number of carbonyl (C=O) groups is 3. The van der Waals surface area contributed by atoms with Crippen LogP contribution in [0.4, 0.5) is 10.5 Å². The summed E-state index contributed by atoms with van der Waals surface area (Å²) in [5.74, 6) is -1.25. The Morgan fingerprint density at radius 3 is 2.50 bits per heavy atom.